The number of halogens is 1. The number of aliphatic hydroxyl groups is 1. The molecule has 1 aliphatic rings. The Balaban J connectivity index is 2.21. The second-order valence-electron chi connectivity index (χ2n) is 5.40. The molecule has 0 heterocycles. The average Bonchev–Trinajstić information content (AvgIpc) is 2.41. The molecule has 1 aliphatic carbocycles. The summed E-state index contributed by atoms with van der Waals surface area (Å²) in [6, 6.07) is 3.41. The van der Waals surface area contributed by atoms with Crippen LogP contribution in [-0.2, 0) is 16.6 Å². The van der Waals surface area contributed by atoms with Crippen molar-refractivity contribution in [2.45, 2.75) is 50.2 Å². The summed E-state index contributed by atoms with van der Waals surface area (Å²) in [5.74, 6) is -0.297. The molecule has 1 aromatic carbocycles. The molecule has 1 saturated carbocycles. The first-order valence-corrected chi connectivity index (χ1v) is 8.34. The Hall–Kier alpha value is -0.980. The van der Waals surface area contributed by atoms with E-state index in [9.17, 15) is 12.8 Å². The summed E-state index contributed by atoms with van der Waals surface area (Å²) >= 11 is 0. The van der Waals surface area contributed by atoms with Gasteiger partial charge in [0.1, 0.15) is 5.82 Å². The highest BCUT2D eigenvalue weighted by Crippen LogP contribution is 2.25. The molecular formula is C14H20FNO3S. The van der Waals surface area contributed by atoms with Gasteiger partial charge in [-0.1, -0.05) is 19.8 Å². The maximum absolute atomic E-state index is 13.3. The Bertz CT molecular complexity index is 574. The molecular weight excluding hydrogens is 281 g/mol. The van der Waals surface area contributed by atoms with Gasteiger partial charge in [0.05, 0.1) is 11.5 Å². The summed E-state index contributed by atoms with van der Waals surface area (Å²) < 4.78 is 40.6. The van der Waals surface area contributed by atoms with Crippen molar-refractivity contribution in [1.29, 1.82) is 0 Å². The topological polar surface area (TPSA) is 66.4 Å². The van der Waals surface area contributed by atoms with Crippen molar-refractivity contribution in [3.8, 4) is 0 Å². The summed E-state index contributed by atoms with van der Waals surface area (Å²) in [4.78, 5) is 0.000670. The lowest BCUT2D eigenvalue weighted by Gasteiger charge is -2.29. The average molecular weight is 301 g/mol. The van der Waals surface area contributed by atoms with E-state index in [0.717, 1.165) is 31.7 Å². The van der Waals surface area contributed by atoms with Crippen LogP contribution in [0.4, 0.5) is 4.39 Å². The van der Waals surface area contributed by atoms with Gasteiger partial charge >= 0.3 is 0 Å². The predicted molar refractivity (Wildman–Crippen MR) is 74.1 cm³/mol. The molecule has 2 atom stereocenters. The largest absolute Gasteiger partial charge is 0.392 e. The third-order valence-electron chi connectivity index (χ3n) is 3.92. The lowest BCUT2D eigenvalue weighted by Crippen LogP contribution is -2.41. The van der Waals surface area contributed by atoms with Gasteiger partial charge in [0.2, 0.25) is 10.0 Å². The van der Waals surface area contributed by atoms with E-state index in [1.54, 1.807) is 0 Å². The van der Waals surface area contributed by atoms with Crippen LogP contribution in [0, 0.1) is 11.7 Å². The molecule has 6 heteroatoms. The first-order chi connectivity index (χ1) is 9.44. The van der Waals surface area contributed by atoms with Gasteiger partial charge in [0.15, 0.2) is 0 Å². The molecule has 0 aromatic heterocycles. The van der Waals surface area contributed by atoms with Gasteiger partial charge < -0.3 is 5.11 Å². The van der Waals surface area contributed by atoms with Crippen molar-refractivity contribution in [3.05, 3.63) is 29.6 Å². The zero-order chi connectivity index (χ0) is 14.8. The standard InChI is InChI=1S/C14H20FNO3S/c1-10-4-2-3-5-14(10)16-20(18,19)12-6-7-13(15)11(8-12)9-17/h6-8,10,14,16-17H,2-5,9H2,1H3. The zero-order valence-corrected chi connectivity index (χ0v) is 12.3. The fourth-order valence-electron chi connectivity index (χ4n) is 2.60. The number of hydrogen-bond acceptors (Lipinski definition) is 3. The van der Waals surface area contributed by atoms with Crippen LogP contribution in [0.25, 0.3) is 0 Å². The minimum atomic E-state index is -3.67. The van der Waals surface area contributed by atoms with Crippen LogP contribution in [0.3, 0.4) is 0 Å². The molecule has 2 N–H and O–H groups in total. The van der Waals surface area contributed by atoms with Crippen molar-refractivity contribution in [2.75, 3.05) is 0 Å². The van der Waals surface area contributed by atoms with Crippen molar-refractivity contribution in [1.82, 2.24) is 4.72 Å². The van der Waals surface area contributed by atoms with Crippen LogP contribution in [0.5, 0.6) is 0 Å². The second-order valence-corrected chi connectivity index (χ2v) is 7.11. The van der Waals surface area contributed by atoms with E-state index in [4.69, 9.17) is 5.11 Å². The van der Waals surface area contributed by atoms with E-state index < -0.39 is 22.4 Å². The Morgan fingerprint density at radius 3 is 2.70 bits per heavy atom. The normalized spacial score (nSPS) is 23.8. The van der Waals surface area contributed by atoms with Crippen LogP contribution in [0.15, 0.2) is 23.1 Å². The zero-order valence-electron chi connectivity index (χ0n) is 11.5. The molecule has 0 bridgehead atoms. The molecule has 0 saturated heterocycles. The van der Waals surface area contributed by atoms with Gasteiger partial charge in [-0.25, -0.2) is 17.5 Å². The number of nitrogens with one attached hydrogen (secondary N) is 1. The minimum Gasteiger partial charge on any atom is -0.392 e. The molecule has 112 valence electrons. The third kappa shape index (κ3) is 3.37. The van der Waals surface area contributed by atoms with Crippen LogP contribution in [0.2, 0.25) is 0 Å². The van der Waals surface area contributed by atoms with Crippen molar-refractivity contribution in [2.24, 2.45) is 5.92 Å². The van der Waals surface area contributed by atoms with Gasteiger partial charge in [-0.05, 0) is 37.0 Å². The SMILES string of the molecule is CC1CCCCC1NS(=O)(=O)c1ccc(F)c(CO)c1. The van der Waals surface area contributed by atoms with Crippen molar-refractivity contribution in [3.63, 3.8) is 0 Å². The van der Waals surface area contributed by atoms with E-state index in [1.165, 1.54) is 12.1 Å². The number of rotatable bonds is 4. The summed E-state index contributed by atoms with van der Waals surface area (Å²) in [6.45, 7) is 1.52. The van der Waals surface area contributed by atoms with Gasteiger partial charge in [-0.2, -0.15) is 0 Å². The first-order valence-electron chi connectivity index (χ1n) is 6.85. The lowest BCUT2D eigenvalue weighted by atomic mass is 9.87. The predicted octanol–water partition coefficient (Wildman–Crippen LogP) is 2.17. The van der Waals surface area contributed by atoms with Gasteiger partial charge in [0, 0.05) is 11.6 Å². The Morgan fingerprint density at radius 2 is 2.05 bits per heavy atom. The quantitative estimate of drug-likeness (QED) is 0.895. The first kappa shape index (κ1) is 15.4. The molecule has 0 spiro atoms. The smallest absolute Gasteiger partial charge is 0.240 e. The number of sulfonamides is 1. The highest BCUT2D eigenvalue weighted by atomic mass is 32.2. The van der Waals surface area contributed by atoms with E-state index in [2.05, 4.69) is 4.72 Å². The number of benzene rings is 1. The highest BCUT2D eigenvalue weighted by Gasteiger charge is 2.27. The van der Waals surface area contributed by atoms with E-state index in [1.807, 2.05) is 6.92 Å². The monoisotopic (exact) mass is 301 g/mol. The van der Waals surface area contributed by atoms with E-state index in [-0.39, 0.29) is 16.5 Å². The second kappa shape index (κ2) is 6.20. The minimum absolute atomic E-state index is 0.000670. The molecule has 2 unspecified atom stereocenters. The lowest BCUT2D eigenvalue weighted by molar-refractivity contribution is 0.275. The number of hydrogen-bond donors (Lipinski definition) is 2. The maximum atomic E-state index is 13.3. The molecule has 0 amide bonds. The summed E-state index contributed by atoms with van der Waals surface area (Å²) in [7, 11) is -3.67. The number of aliphatic hydroxyl groups excluding tert-OH is 1. The molecule has 20 heavy (non-hydrogen) atoms. The maximum Gasteiger partial charge on any atom is 0.240 e. The van der Waals surface area contributed by atoms with Crippen LogP contribution in [-0.4, -0.2) is 19.6 Å². The Labute approximate surface area is 119 Å². The molecule has 0 aliphatic heterocycles. The molecule has 0 radical (unpaired) electrons. The summed E-state index contributed by atoms with van der Waals surface area (Å²) in [5.41, 5.74) is -0.00966. The van der Waals surface area contributed by atoms with Crippen molar-refractivity contribution >= 4 is 10.0 Å². The van der Waals surface area contributed by atoms with Gasteiger partial charge in [-0.15, -0.1) is 0 Å². The van der Waals surface area contributed by atoms with Crippen LogP contribution >= 0.6 is 0 Å². The fraction of sp³-hybridized carbons (Fsp3) is 0.571. The van der Waals surface area contributed by atoms with Crippen LogP contribution < -0.4 is 4.72 Å². The molecule has 4 nitrogen and oxygen atoms in total. The van der Waals surface area contributed by atoms with Crippen LogP contribution in [0.1, 0.15) is 38.2 Å². The van der Waals surface area contributed by atoms with E-state index >= 15 is 0 Å². The fourth-order valence-corrected chi connectivity index (χ4v) is 4.03. The summed E-state index contributed by atoms with van der Waals surface area (Å²) in [6.07, 6.45) is 3.99. The Morgan fingerprint density at radius 1 is 1.35 bits per heavy atom. The van der Waals surface area contributed by atoms with E-state index in [0.29, 0.717) is 5.92 Å². The highest BCUT2D eigenvalue weighted by molar-refractivity contribution is 7.89. The van der Waals surface area contributed by atoms with Crippen molar-refractivity contribution < 1.29 is 17.9 Å². The molecule has 1 fully saturated rings. The summed E-state index contributed by atoms with van der Waals surface area (Å²) in [5, 5.41) is 9.02. The molecule has 1 aromatic rings. The van der Waals surface area contributed by atoms with Gasteiger partial charge in [0.25, 0.3) is 0 Å². The molecule has 2 rings (SSSR count). The third-order valence-corrected chi connectivity index (χ3v) is 5.40. The Kier molecular flexibility index (Phi) is 4.78. The van der Waals surface area contributed by atoms with Gasteiger partial charge in [-0.3, -0.25) is 0 Å².